The Morgan fingerprint density at radius 2 is 2.09 bits per heavy atom. The van der Waals surface area contributed by atoms with E-state index in [4.69, 9.17) is 4.74 Å². The lowest BCUT2D eigenvalue weighted by Crippen LogP contribution is -2.33. The minimum Gasteiger partial charge on any atom is -0.382 e. The van der Waals surface area contributed by atoms with Crippen molar-refractivity contribution in [2.24, 2.45) is 0 Å². The number of fused-ring (bicyclic) bond motifs is 1. The van der Waals surface area contributed by atoms with Crippen LogP contribution in [-0.4, -0.2) is 33.5 Å². The summed E-state index contributed by atoms with van der Waals surface area (Å²) in [5, 5.41) is 13.2. The predicted octanol–water partition coefficient (Wildman–Crippen LogP) is 3.09. The average Bonchev–Trinajstić information content (AvgIpc) is 3.07. The number of alkyl halides is 5. The molecule has 2 heterocycles. The summed E-state index contributed by atoms with van der Waals surface area (Å²) >= 11 is 0. The number of aromatic nitrogens is 2. The molecule has 0 aromatic carbocycles. The lowest BCUT2D eigenvalue weighted by molar-refractivity contribution is -0.150. The number of hydrogen-bond donors (Lipinski definition) is 1. The Hall–Kier alpha value is -1.22. The van der Waals surface area contributed by atoms with Crippen molar-refractivity contribution in [1.82, 2.24) is 9.78 Å². The summed E-state index contributed by atoms with van der Waals surface area (Å²) in [6.45, 7) is 0.780. The van der Waals surface area contributed by atoms with Crippen molar-refractivity contribution in [2.45, 2.75) is 63.0 Å². The van der Waals surface area contributed by atoms with Gasteiger partial charge in [-0.05, 0) is 25.7 Å². The standard InChI is InChI=1S/C14H17F5N2O2/c15-13(16)5-3-9-10(12(13)22)11(14(17,18)19)20-21(9)6-4-8-2-1-7-23-8/h8,12,22H,1-7H2/t8?,12-/m0/s1. The Bertz CT molecular complexity index is 578. The number of halogens is 5. The molecule has 1 saturated heterocycles. The van der Waals surface area contributed by atoms with Gasteiger partial charge in [-0.15, -0.1) is 0 Å². The summed E-state index contributed by atoms with van der Waals surface area (Å²) in [5.41, 5.74) is -2.14. The first-order valence-electron chi connectivity index (χ1n) is 7.54. The van der Waals surface area contributed by atoms with Crippen LogP contribution < -0.4 is 0 Å². The average molecular weight is 340 g/mol. The van der Waals surface area contributed by atoms with Crippen molar-refractivity contribution in [3.63, 3.8) is 0 Å². The molecule has 1 aliphatic carbocycles. The summed E-state index contributed by atoms with van der Waals surface area (Å²) in [4.78, 5) is 0. The van der Waals surface area contributed by atoms with E-state index in [0.717, 1.165) is 17.5 Å². The fraction of sp³-hybridized carbons (Fsp3) is 0.786. The molecule has 1 fully saturated rings. The van der Waals surface area contributed by atoms with Gasteiger partial charge in [-0.25, -0.2) is 8.78 Å². The second-order valence-electron chi connectivity index (χ2n) is 6.02. The zero-order chi connectivity index (χ0) is 16.8. The molecule has 0 spiro atoms. The van der Waals surface area contributed by atoms with Gasteiger partial charge < -0.3 is 9.84 Å². The molecule has 1 aliphatic heterocycles. The van der Waals surface area contributed by atoms with Crippen LogP contribution in [0.15, 0.2) is 0 Å². The quantitative estimate of drug-likeness (QED) is 0.860. The van der Waals surface area contributed by atoms with E-state index in [1.54, 1.807) is 0 Å². The SMILES string of the molecule is O[C@H]1c2c(C(F)(F)F)nn(CCC3CCCO3)c2CCC1(F)F. The zero-order valence-electron chi connectivity index (χ0n) is 12.2. The van der Waals surface area contributed by atoms with E-state index >= 15 is 0 Å². The van der Waals surface area contributed by atoms with Gasteiger partial charge in [-0.2, -0.15) is 18.3 Å². The maximum Gasteiger partial charge on any atom is 0.435 e. The van der Waals surface area contributed by atoms with Crippen LogP contribution in [0.4, 0.5) is 22.0 Å². The highest BCUT2D eigenvalue weighted by Crippen LogP contribution is 2.46. The van der Waals surface area contributed by atoms with Crippen LogP contribution in [0.5, 0.6) is 0 Å². The van der Waals surface area contributed by atoms with E-state index < -0.39 is 35.9 Å². The molecule has 0 bridgehead atoms. The maximum absolute atomic E-state index is 13.6. The minimum absolute atomic E-state index is 0.0425. The molecule has 130 valence electrons. The summed E-state index contributed by atoms with van der Waals surface area (Å²) in [7, 11) is 0. The number of rotatable bonds is 3. The second-order valence-corrected chi connectivity index (χ2v) is 6.02. The molecule has 23 heavy (non-hydrogen) atoms. The molecule has 2 atom stereocenters. The molecule has 1 unspecified atom stereocenters. The summed E-state index contributed by atoms with van der Waals surface area (Å²) in [6, 6.07) is 0. The smallest absolute Gasteiger partial charge is 0.382 e. The highest BCUT2D eigenvalue weighted by molar-refractivity contribution is 5.35. The molecular formula is C14H17F5N2O2. The van der Waals surface area contributed by atoms with Crippen molar-refractivity contribution in [3.05, 3.63) is 17.0 Å². The summed E-state index contributed by atoms with van der Waals surface area (Å²) in [6.07, 6.45) is -6.13. The molecule has 1 aromatic heterocycles. The number of ether oxygens (including phenoxy) is 1. The fourth-order valence-electron chi connectivity index (χ4n) is 3.23. The molecule has 2 aliphatic rings. The number of nitrogens with zero attached hydrogens (tertiary/aromatic N) is 2. The van der Waals surface area contributed by atoms with Gasteiger partial charge in [0.15, 0.2) is 5.69 Å². The molecule has 1 N–H and O–H groups in total. The predicted molar refractivity (Wildman–Crippen MR) is 69.0 cm³/mol. The van der Waals surface area contributed by atoms with Crippen LogP contribution in [0, 0.1) is 0 Å². The van der Waals surface area contributed by atoms with E-state index in [1.165, 1.54) is 0 Å². The van der Waals surface area contributed by atoms with Crippen LogP contribution in [0.1, 0.15) is 48.7 Å². The molecule has 0 saturated carbocycles. The first kappa shape index (κ1) is 16.6. The van der Waals surface area contributed by atoms with E-state index in [0.29, 0.717) is 13.0 Å². The van der Waals surface area contributed by atoms with Crippen molar-refractivity contribution < 1.29 is 31.8 Å². The third-order valence-electron chi connectivity index (χ3n) is 4.42. The molecule has 4 nitrogen and oxygen atoms in total. The van der Waals surface area contributed by atoms with Crippen LogP contribution >= 0.6 is 0 Å². The third-order valence-corrected chi connectivity index (χ3v) is 4.42. The van der Waals surface area contributed by atoms with E-state index in [2.05, 4.69) is 5.10 Å². The van der Waals surface area contributed by atoms with Crippen LogP contribution in [0.25, 0.3) is 0 Å². The van der Waals surface area contributed by atoms with Crippen LogP contribution in [0.3, 0.4) is 0 Å². The molecular weight excluding hydrogens is 323 g/mol. The first-order chi connectivity index (χ1) is 10.7. The third kappa shape index (κ3) is 3.08. The Morgan fingerprint density at radius 3 is 2.70 bits per heavy atom. The van der Waals surface area contributed by atoms with Gasteiger partial charge >= 0.3 is 6.18 Å². The Balaban J connectivity index is 1.92. The lowest BCUT2D eigenvalue weighted by atomic mass is 9.89. The molecule has 9 heteroatoms. The second kappa shape index (κ2) is 5.70. The number of aliphatic hydroxyl groups excluding tert-OH is 1. The van der Waals surface area contributed by atoms with Crippen molar-refractivity contribution in [3.8, 4) is 0 Å². The zero-order valence-corrected chi connectivity index (χ0v) is 12.2. The summed E-state index contributed by atoms with van der Waals surface area (Å²) in [5.74, 6) is -3.57. The highest BCUT2D eigenvalue weighted by atomic mass is 19.4. The highest BCUT2D eigenvalue weighted by Gasteiger charge is 2.51. The van der Waals surface area contributed by atoms with Gasteiger partial charge in [0.05, 0.1) is 6.10 Å². The van der Waals surface area contributed by atoms with Gasteiger partial charge in [-0.3, -0.25) is 4.68 Å². The van der Waals surface area contributed by atoms with Gasteiger partial charge in [0.25, 0.3) is 5.92 Å². The van der Waals surface area contributed by atoms with E-state index in [-0.39, 0.29) is 24.8 Å². The van der Waals surface area contributed by atoms with Crippen LogP contribution in [-0.2, 0) is 23.9 Å². The van der Waals surface area contributed by atoms with Crippen molar-refractivity contribution >= 4 is 0 Å². The van der Waals surface area contributed by atoms with Gasteiger partial charge in [0.1, 0.15) is 6.10 Å². The summed E-state index contributed by atoms with van der Waals surface area (Å²) < 4.78 is 73.0. The number of aliphatic hydroxyl groups is 1. The van der Waals surface area contributed by atoms with Crippen LogP contribution in [0.2, 0.25) is 0 Å². The Kier molecular flexibility index (Phi) is 4.12. The largest absolute Gasteiger partial charge is 0.435 e. The van der Waals surface area contributed by atoms with Gasteiger partial charge in [0, 0.05) is 30.8 Å². The normalized spacial score (nSPS) is 27.2. The Morgan fingerprint density at radius 1 is 1.35 bits per heavy atom. The van der Waals surface area contributed by atoms with E-state index in [1.807, 2.05) is 0 Å². The van der Waals surface area contributed by atoms with Gasteiger partial charge in [0.2, 0.25) is 0 Å². The molecule has 1 aromatic rings. The maximum atomic E-state index is 13.6. The topological polar surface area (TPSA) is 47.3 Å². The number of aryl methyl sites for hydroxylation is 1. The van der Waals surface area contributed by atoms with E-state index in [9.17, 15) is 27.1 Å². The van der Waals surface area contributed by atoms with Gasteiger partial charge in [-0.1, -0.05) is 0 Å². The first-order valence-corrected chi connectivity index (χ1v) is 7.54. The minimum atomic E-state index is -4.88. The lowest BCUT2D eigenvalue weighted by Gasteiger charge is -2.28. The Labute approximate surface area is 129 Å². The monoisotopic (exact) mass is 340 g/mol. The number of hydrogen-bond acceptors (Lipinski definition) is 3. The molecule has 0 amide bonds. The molecule has 3 rings (SSSR count). The van der Waals surface area contributed by atoms with Crippen molar-refractivity contribution in [2.75, 3.05) is 6.61 Å². The van der Waals surface area contributed by atoms with Crippen molar-refractivity contribution in [1.29, 1.82) is 0 Å². The molecule has 0 radical (unpaired) electrons. The fourth-order valence-corrected chi connectivity index (χ4v) is 3.23.